The molecule has 0 aliphatic carbocycles. The molecule has 0 spiro atoms. The predicted molar refractivity (Wildman–Crippen MR) is 79.9 cm³/mol. The van der Waals surface area contributed by atoms with Gasteiger partial charge in [0.2, 0.25) is 5.91 Å². The van der Waals surface area contributed by atoms with Crippen LogP contribution in [-0.2, 0) is 4.79 Å². The summed E-state index contributed by atoms with van der Waals surface area (Å²) in [7, 11) is 0. The number of carbonyl (C=O) groups excluding carboxylic acids is 1. The first kappa shape index (κ1) is 14.1. The molecule has 0 radical (unpaired) electrons. The summed E-state index contributed by atoms with van der Waals surface area (Å²) in [5, 5.41) is 4.26. The Labute approximate surface area is 121 Å². The largest absolute Gasteiger partial charge is 0.325 e. The molecule has 0 aliphatic heterocycles. The average Bonchev–Trinajstić information content (AvgIpc) is 2.42. The first-order chi connectivity index (χ1) is 8.95. The standard InChI is InChI=1S/C14H14Cl2N2O/c1-14(2,8-15)13(19)18-11-6-5-10(16)12-9(11)4-3-7-17-12/h3-7H,8H2,1-2H3,(H,18,19). The molecule has 1 amide bonds. The molecular formula is C14H14Cl2N2O. The molecule has 0 saturated carbocycles. The Morgan fingerprint density at radius 1 is 1.37 bits per heavy atom. The molecule has 0 saturated heterocycles. The fraction of sp³-hybridized carbons (Fsp3) is 0.286. The number of anilines is 1. The Balaban J connectivity index is 2.42. The third-order valence-electron chi connectivity index (χ3n) is 2.92. The molecule has 0 atom stereocenters. The summed E-state index contributed by atoms with van der Waals surface area (Å²) in [5.74, 6) is 0.123. The van der Waals surface area contributed by atoms with Gasteiger partial charge in [-0.25, -0.2) is 0 Å². The fourth-order valence-electron chi connectivity index (χ4n) is 1.60. The van der Waals surface area contributed by atoms with Crippen molar-refractivity contribution in [1.29, 1.82) is 0 Å². The SMILES string of the molecule is CC(C)(CCl)C(=O)Nc1ccc(Cl)c2ncccc12. The van der Waals surface area contributed by atoms with Gasteiger partial charge in [0.25, 0.3) is 0 Å². The number of nitrogens with one attached hydrogen (secondary N) is 1. The zero-order chi connectivity index (χ0) is 14.0. The second-order valence-corrected chi connectivity index (χ2v) is 5.64. The molecule has 100 valence electrons. The van der Waals surface area contributed by atoms with Crippen molar-refractivity contribution < 1.29 is 4.79 Å². The van der Waals surface area contributed by atoms with Gasteiger partial charge in [-0.15, -0.1) is 11.6 Å². The maximum atomic E-state index is 12.1. The number of alkyl halides is 1. The first-order valence-electron chi connectivity index (χ1n) is 5.86. The third kappa shape index (κ3) is 2.82. The molecular weight excluding hydrogens is 283 g/mol. The lowest BCUT2D eigenvalue weighted by molar-refractivity contribution is -0.122. The van der Waals surface area contributed by atoms with Gasteiger partial charge in [0, 0.05) is 17.5 Å². The topological polar surface area (TPSA) is 42.0 Å². The summed E-state index contributed by atoms with van der Waals surface area (Å²) in [5.41, 5.74) is 0.733. The van der Waals surface area contributed by atoms with E-state index in [1.54, 1.807) is 38.2 Å². The highest BCUT2D eigenvalue weighted by atomic mass is 35.5. The second kappa shape index (κ2) is 5.35. The Morgan fingerprint density at radius 3 is 2.79 bits per heavy atom. The molecule has 0 fully saturated rings. The lowest BCUT2D eigenvalue weighted by Gasteiger charge is -2.21. The van der Waals surface area contributed by atoms with Crippen LogP contribution >= 0.6 is 23.2 Å². The van der Waals surface area contributed by atoms with Crippen molar-refractivity contribution in [1.82, 2.24) is 4.98 Å². The van der Waals surface area contributed by atoms with E-state index in [4.69, 9.17) is 23.2 Å². The Hall–Kier alpha value is -1.32. The van der Waals surface area contributed by atoms with E-state index in [0.717, 1.165) is 5.39 Å². The van der Waals surface area contributed by atoms with E-state index in [-0.39, 0.29) is 11.8 Å². The van der Waals surface area contributed by atoms with Gasteiger partial charge in [0.05, 0.1) is 21.6 Å². The number of nitrogens with zero attached hydrogens (tertiary/aromatic N) is 1. The molecule has 1 aromatic heterocycles. The van der Waals surface area contributed by atoms with Gasteiger partial charge in [0.1, 0.15) is 0 Å². The number of halogens is 2. The minimum absolute atomic E-state index is 0.130. The van der Waals surface area contributed by atoms with Gasteiger partial charge < -0.3 is 5.32 Å². The lowest BCUT2D eigenvalue weighted by atomic mass is 9.95. The molecule has 0 unspecified atom stereocenters. The number of pyridine rings is 1. The maximum absolute atomic E-state index is 12.1. The van der Waals surface area contributed by atoms with Crippen molar-refractivity contribution in [2.24, 2.45) is 5.41 Å². The van der Waals surface area contributed by atoms with Crippen LogP contribution in [-0.4, -0.2) is 16.8 Å². The van der Waals surface area contributed by atoms with Crippen molar-refractivity contribution in [2.45, 2.75) is 13.8 Å². The Morgan fingerprint density at radius 2 is 2.11 bits per heavy atom. The fourth-order valence-corrected chi connectivity index (χ4v) is 1.93. The molecule has 1 heterocycles. The van der Waals surface area contributed by atoms with E-state index in [2.05, 4.69) is 10.3 Å². The molecule has 2 rings (SSSR count). The zero-order valence-electron chi connectivity index (χ0n) is 10.7. The van der Waals surface area contributed by atoms with E-state index in [1.807, 2.05) is 6.07 Å². The van der Waals surface area contributed by atoms with Crippen LogP contribution in [0.2, 0.25) is 5.02 Å². The summed E-state index contributed by atoms with van der Waals surface area (Å²) in [6, 6.07) is 7.17. The summed E-state index contributed by atoms with van der Waals surface area (Å²) < 4.78 is 0. The van der Waals surface area contributed by atoms with Crippen molar-refractivity contribution in [2.75, 3.05) is 11.2 Å². The monoisotopic (exact) mass is 296 g/mol. The van der Waals surface area contributed by atoms with Crippen LogP contribution in [0.3, 0.4) is 0 Å². The molecule has 2 aromatic rings. The highest BCUT2D eigenvalue weighted by Gasteiger charge is 2.26. The normalized spacial score (nSPS) is 11.6. The molecule has 1 N–H and O–H groups in total. The van der Waals surface area contributed by atoms with E-state index in [1.165, 1.54) is 0 Å². The van der Waals surface area contributed by atoms with E-state index >= 15 is 0 Å². The van der Waals surface area contributed by atoms with Crippen molar-refractivity contribution >= 4 is 45.7 Å². The molecule has 0 aliphatic rings. The van der Waals surface area contributed by atoms with Gasteiger partial charge in [0.15, 0.2) is 0 Å². The van der Waals surface area contributed by atoms with E-state index in [9.17, 15) is 4.79 Å². The zero-order valence-corrected chi connectivity index (χ0v) is 12.2. The van der Waals surface area contributed by atoms with E-state index in [0.29, 0.717) is 16.2 Å². The van der Waals surface area contributed by atoms with Crippen LogP contribution in [0.4, 0.5) is 5.69 Å². The number of fused-ring (bicyclic) bond motifs is 1. The molecule has 3 nitrogen and oxygen atoms in total. The van der Waals surface area contributed by atoms with Gasteiger partial charge in [-0.2, -0.15) is 0 Å². The second-order valence-electron chi connectivity index (χ2n) is 4.97. The minimum atomic E-state index is -0.629. The highest BCUT2D eigenvalue weighted by molar-refractivity contribution is 6.35. The van der Waals surface area contributed by atoms with Gasteiger partial charge >= 0.3 is 0 Å². The summed E-state index contributed by atoms with van der Waals surface area (Å²) in [6.45, 7) is 3.59. The maximum Gasteiger partial charge on any atom is 0.231 e. The number of carbonyl (C=O) groups is 1. The molecule has 5 heteroatoms. The number of hydrogen-bond acceptors (Lipinski definition) is 2. The predicted octanol–water partition coefficient (Wildman–Crippen LogP) is 4.09. The molecule has 1 aromatic carbocycles. The average molecular weight is 297 g/mol. The number of amides is 1. The van der Waals surface area contributed by atoms with E-state index < -0.39 is 5.41 Å². The number of rotatable bonds is 3. The number of aromatic nitrogens is 1. The van der Waals surface area contributed by atoms with Crippen LogP contribution in [0.25, 0.3) is 10.9 Å². The van der Waals surface area contributed by atoms with Gasteiger partial charge in [-0.05, 0) is 38.1 Å². The Kier molecular flexibility index (Phi) is 3.97. The van der Waals surface area contributed by atoms with Crippen LogP contribution in [0.1, 0.15) is 13.8 Å². The first-order valence-corrected chi connectivity index (χ1v) is 6.77. The number of benzene rings is 1. The van der Waals surface area contributed by atoms with Gasteiger partial charge in [-0.1, -0.05) is 11.6 Å². The van der Waals surface area contributed by atoms with Gasteiger partial charge in [-0.3, -0.25) is 9.78 Å². The summed E-state index contributed by atoms with van der Waals surface area (Å²) >= 11 is 11.9. The molecule has 19 heavy (non-hydrogen) atoms. The van der Waals surface area contributed by atoms with Crippen molar-refractivity contribution in [3.8, 4) is 0 Å². The number of hydrogen-bond donors (Lipinski definition) is 1. The molecule has 0 bridgehead atoms. The smallest absolute Gasteiger partial charge is 0.231 e. The quantitative estimate of drug-likeness (QED) is 0.867. The van der Waals surface area contributed by atoms with Crippen LogP contribution in [0, 0.1) is 5.41 Å². The van der Waals surface area contributed by atoms with Crippen LogP contribution in [0.15, 0.2) is 30.5 Å². The van der Waals surface area contributed by atoms with Crippen molar-refractivity contribution in [3.63, 3.8) is 0 Å². The lowest BCUT2D eigenvalue weighted by Crippen LogP contribution is -2.32. The third-order valence-corrected chi connectivity index (χ3v) is 3.89. The Bertz CT molecular complexity index is 626. The minimum Gasteiger partial charge on any atom is -0.325 e. The summed E-state index contributed by atoms with van der Waals surface area (Å²) in [6.07, 6.45) is 1.67. The van der Waals surface area contributed by atoms with Crippen LogP contribution < -0.4 is 5.32 Å². The summed E-state index contributed by atoms with van der Waals surface area (Å²) in [4.78, 5) is 16.4. The highest BCUT2D eigenvalue weighted by Crippen LogP contribution is 2.29. The van der Waals surface area contributed by atoms with Crippen LogP contribution in [0.5, 0.6) is 0 Å². The van der Waals surface area contributed by atoms with Crippen molar-refractivity contribution in [3.05, 3.63) is 35.5 Å².